The van der Waals surface area contributed by atoms with Gasteiger partial charge in [0.1, 0.15) is 10.3 Å². The quantitative estimate of drug-likeness (QED) is 0.315. The van der Waals surface area contributed by atoms with Gasteiger partial charge in [-0.3, -0.25) is 15.1 Å². The number of hydrogen-bond donors (Lipinski definition) is 1. The Morgan fingerprint density at radius 1 is 0.714 bits per heavy atom. The van der Waals surface area contributed by atoms with E-state index in [1.165, 1.54) is 0 Å². The Labute approximate surface area is 178 Å². The molecule has 28 heavy (non-hydrogen) atoms. The van der Waals surface area contributed by atoms with Gasteiger partial charge in [0.2, 0.25) is 0 Å². The van der Waals surface area contributed by atoms with Crippen LogP contribution >= 0.6 is 39.1 Å². The van der Waals surface area contributed by atoms with Gasteiger partial charge in [0.15, 0.2) is 0 Å². The molecule has 0 amide bonds. The van der Waals surface area contributed by atoms with Gasteiger partial charge in [0.05, 0.1) is 28.3 Å². The lowest BCUT2D eigenvalue weighted by Crippen LogP contribution is -1.85. The van der Waals surface area contributed by atoms with E-state index in [0.717, 1.165) is 37.7 Å². The van der Waals surface area contributed by atoms with Crippen molar-refractivity contribution >= 4 is 61.2 Å². The molecule has 0 aliphatic rings. The molecule has 0 aliphatic carbocycles. The van der Waals surface area contributed by atoms with Crippen molar-refractivity contribution in [1.29, 1.82) is 0 Å². The Bertz CT molecular complexity index is 1220. The third kappa shape index (κ3) is 4.27. The van der Waals surface area contributed by atoms with Gasteiger partial charge in [-0.15, -0.1) is 0 Å². The zero-order chi connectivity index (χ0) is 19.5. The van der Waals surface area contributed by atoms with Crippen molar-refractivity contribution in [2.45, 2.75) is 0 Å². The number of aromatic nitrogens is 6. The van der Waals surface area contributed by atoms with E-state index in [9.17, 15) is 0 Å². The molecule has 0 saturated heterocycles. The van der Waals surface area contributed by atoms with E-state index in [4.69, 9.17) is 23.2 Å². The van der Waals surface area contributed by atoms with E-state index >= 15 is 0 Å². The molecule has 138 valence electrons. The van der Waals surface area contributed by atoms with Gasteiger partial charge in [-0.1, -0.05) is 23.2 Å². The van der Waals surface area contributed by atoms with Crippen molar-refractivity contribution in [3.63, 3.8) is 0 Å². The molecule has 5 aromatic rings. The highest BCUT2D eigenvalue weighted by Crippen LogP contribution is 2.21. The number of aromatic amines is 1. The molecular formula is C19H11BrCl2N6. The molecule has 0 aromatic carbocycles. The predicted molar refractivity (Wildman–Crippen MR) is 114 cm³/mol. The van der Waals surface area contributed by atoms with Gasteiger partial charge in [0, 0.05) is 34.2 Å². The monoisotopic (exact) mass is 472 g/mol. The summed E-state index contributed by atoms with van der Waals surface area (Å²) in [6.45, 7) is 0. The smallest absolute Gasteiger partial charge is 0.129 e. The minimum absolute atomic E-state index is 0.471. The molecule has 0 bridgehead atoms. The fourth-order valence-corrected chi connectivity index (χ4v) is 3.13. The van der Waals surface area contributed by atoms with Crippen molar-refractivity contribution in [2.75, 3.05) is 0 Å². The summed E-state index contributed by atoms with van der Waals surface area (Å²) >= 11 is 14.9. The van der Waals surface area contributed by atoms with E-state index in [1.807, 2.05) is 30.5 Å². The van der Waals surface area contributed by atoms with E-state index in [2.05, 4.69) is 46.1 Å². The van der Waals surface area contributed by atoms with Gasteiger partial charge in [-0.05, 0) is 52.3 Å². The topological polar surface area (TPSA) is 80.2 Å². The number of H-pyrrole nitrogens is 1. The summed E-state index contributed by atoms with van der Waals surface area (Å²) in [6.07, 6.45) is 7.08. The van der Waals surface area contributed by atoms with Crippen LogP contribution in [0.4, 0.5) is 0 Å². The molecule has 0 unspecified atom stereocenters. The molecule has 9 heteroatoms. The van der Waals surface area contributed by atoms with E-state index in [1.54, 1.807) is 30.7 Å². The summed E-state index contributed by atoms with van der Waals surface area (Å²) < 4.78 is 0.907. The van der Waals surface area contributed by atoms with Crippen molar-refractivity contribution in [3.8, 4) is 11.1 Å². The van der Waals surface area contributed by atoms with Gasteiger partial charge in [-0.2, -0.15) is 5.10 Å². The van der Waals surface area contributed by atoms with E-state index in [-0.39, 0.29) is 0 Å². The van der Waals surface area contributed by atoms with Crippen LogP contribution in [0.2, 0.25) is 10.3 Å². The lowest BCUT2D eigenvalue weighted by molar-refractivity contribution is 1.09. The standard InChI is InChI=1S/C11H7ClN4.C8H4BrClN2/c12-11-2-1-9-10(16-11)3-7(4-13-9)8-5-14-15-6-8;9-5-3-7-6(11-4-5)1-2-8(10)12-7/h1-6H,(H,14,15);1-4H. The van der Waals surface area contributed by atoms with Crippen LogP contribution in [0.3, 0.4) is 0 Å². The molecule has 0 aliphatic heterocycles. The fraction of sp³-hybridized carbons (Fsp3) is 0. The van der Waals surface area contributed by atoms with Gasteiger partial charge in [0.25, 0.3) is 0 Å². The molecule has 5 aromatic heterocycles. The minimum atomic E-state index is 0.471. The van der Waals surface area contributed by atoms with Gasteiger partial charge >= 0.3 is 0 Å². The summed E-state index contributed by atoms with van der Waals surface area (Å²) in [6, 6.07) is 11.0. The molecular weight excluding hydrogens is 463 g/mol. The summed E-state index contributed by atoms with van der Waals surface area (Å²) in [4.78, 5) is 16.8. The third-order valence-corrected chi connectivity index (χ3v) is 4.66. The lowest BCUT2D eigenvalue weighted by Gasteiger charge is -2.00. The second kappa shape index (κ2) is 8.18. The van der Waals surface area contributed by atoms with Gasteiger partial charge in [-0.25, -0.2) is 9.97 Å². The van der Waals surface area contributed by atoms with Crippen LogP contribution in [0, 0.1) is 0 Å². The van der Waals surface area contributed by atoms with Crippen LogP contribution in [0.25, 0.3) is 33.2 Å². The zero-order valence-electron chi connectivity index (χ0n) is 14.1. The number of halogens is 3. The Balaban J connectivity index is 0.000000143. The summed E-state index contributed by atoms with van der Waals surface area (Å²) in [7, 11) is 0. The van der Waals surface area contributed by atoms with Gasteiger partial charge < -0.3 is 0 Å². The lowest BCUT2D eigenvalue weighted by atomic mass is 10.1. The average molecular weight is 474 g/mol. The Kier molecular flexibility index (Phi) is 5.47. The number of nitrogens with zero attached hydrogens (tertiary/aromatic N) is 5. The molecule has 0 radical (unpaired) electrons. The highest BCUT2D eigenvalue weighted by Gasteiger charge is 2.03. The zero-order valence-corrected chi connectivity index (χ0v) is 17.2. The van der Waals surface area contributed by atoms with Crippen molar-refractivity contribution in [3.05, 3.63) is 76.0 Å². The summed E-state index contributed by atoms with van der Waals surface area (Å²) in [5, 5.41) is 7.62. The van der Waals surface area contributed by atoms with Crippen LogP contribution in [0.5, 0.6) is 0 Å². The number of fused-ring (bicyclic) bond motifs is 2. The predicted octanol–water partition coefficient (Wildman–Crippen LogP) is 5.72. The first-order valence-electron chi connectivity index (χ1n) is 8.08. The molecule has 0 fully saturated rings. The van der Waals surface area contributed by atoms with Crippen molar-refractivity contribution in [1.82, 2.24) is 30.1 Å². The third-order valence-electron chi connectivity index (χ3n) is 3.80. The number of hydrogen-bond acceptors (Lipinski definition) is 5. The maximum atomic E-state index is 5.84. The molecule has 1 N–H and O–H groups in total. The Morgan fingerprint density at radius 2 is 1.36 bits per heavy atom. The molecule has 0 atom stereocenters. The highest BCUT2D eigenvalue weighted by molar-refractivity contribution is 9.10. The van der Waals surface area contributed by atoms with Crippen molar-refractivity contribution in [2.24, 2.45) is 0 Å². The average Bonchev–Trinajstić information content (AvgIpc) is 3.22. The van der Waals surface area contributed by atoms with E-state index in [0.29, 0.717) is 10.3 Å². The highest BCUT2D eigenvalue weighted by atomic mass is 79.9. The van der Waals surface area contributed by atoms with Crippen LogP contribution in [0.15, 0.2) is 65.7 Å². The Hall–Kier alpha value is -2.61. The SMILES string of the molecule is Clc1ccc2ncc(-c3cn[nH]c3)cc2n1.Clc1ccc2ncc(Br)cc2n1. The molecule has 5 heterocycles. The van der Waals surface area contributed by atoms with Crippen molar-refractivity contribution < 1.29 is 0 Å². The van der Waals surface area contributed by atoms with Crippen LogP contribution in [-0.4, -0.2) is 30.1 Å². The first kappa shape index (κ1) is 18.7. The number of nitrogens with one attached hydrogen (secondary N) is 1. The molecule has 0 spiro atoms. The Morgan fingerprint density at radius 3 is 2.00 bits per heavy atom. The van der Waals surface area contributed by atoms with E-state index < -0.39 is 0 Å². The second-order valence-corrected chi connectivity index (χ2v) is 7.40. The number of rotatable bonds is 1. The minimum Gasteiger partial charge on any atom is -0.285 e. The summed E-state index contributed by atoms with van der Waals surface area (Å²) in [5.74, 6) is 0. The number of pyridine rings is 4. The molecule has 0 saturated carbocycles. The summed E-state index contributed by atoms with van der Waals surface area (Å²) in [5.41, 5.74) is 5.22. The first-order valence-corrected chi connectivity index (χ1v) is 9.63. The molecule has 5 rings (SSSR count). The van der Waals surface area contributed by atoms with Crippen LogP contribution in [-0.2, 0) is 0 Å². The normalized spacial score (nSPS) is 10.7. The largest absolute Gasteiger partial charge is 0.285 e. The maximum Gasteiger partial charge on any atom is 0.129 e. The fourth-order valence-electron chi connectivity index (χ4n) is 2.51. The first-order chi connectivity index (χ1) is 13.6. The van der Waals surface area contributed by atoms with Crippen LogP contribution in [0.1, 0.15) is 0 Å². The molecule has 6 nitrogen and oxygen atoms in total. The second-order valence-electron chi connectivity index (χ2n) is 5.71. The van der Waals surface area contributed by atoms with Crippen LogP contribution < -0.4 is 0 Å². The maximum absolute atomic E-state index is 5.84.